The molecule has 2 fully saturated rings. The first-order valence-electron chi connectivity index (χ1n) is 7.82. The van der Waals surface area contributed by atoms with E-state index in [0.29, 0.717) is 18.6 Å². The van der Waals surface area contributed by atoms with E-state index < -0.39 is 9.84 Å². The van der Waals surface area contributed by atoms with Crippen molar-refractivity contribution >= 4 is 15.7 Å². The summed E-state index contributed by atoms with van der Waals surface area (Å²) in [6.07, 6.45) is 3.36. The molecule has 6 heteroatoms. The van der Waals surface area contributed by atoms with Gasteiger partial charge in [0.1, 0.15) is 5.75 Å². The van der Waals surface area contributed by atoms with Gasteiger partial charge in [-0.3, -0.25) is 4.79 Å². The predicted octanol–water partition coefficient (Wildman–Crippen LogP) is 1.41. The summed E-state index contributed by atoms with van der Waals surface area (Å²) in [5, 5.41) is 0. The summed E-state index contributed by atoms with van der Waals surface area (Å²) >= 11 is 0. The molecule has 0 radical (unpaired) electrons. The van der Waals surface area contributed by atoms with E-state index in [1.807, 2.05) is 17.0 Å². The van der Waals surface area contributed by atoms with Gasteiger partial charge >= 0.3 is 0 Å². The molecule has 22 heavy (non-hydrogen) atoms. The van der Waals surface area contributed by atoms with E-state index in [1.165, 1.54) is 0 Å². The van der Waals surface area contributed by atoms with E-state index >= 15 is 0 Å². The zero-order chi connectivity index (χ0) is 15.3. The van der Waals surface area contributed by atoms with Crippen molar-refractivity contribution in [1.29, 1.82) is 0 Å². The zero-order valence-corrected chi connectivity index (χ0v) is 13.1. The minimum atomic E-state index is -2.99. The Morgan fingerprint density at radius 1 is 1.18 bits per heavy atom. The van der Waals surface area contributed by atoms with Crippen molar-refractivity contribution in [3.63, 3.8) is 0 Å². The van der Waals surface area contributed by atoms with E-state index in [4.69, 9.17) is 4.74 Å². The molecule has 0 bridgehead atoms. The third-order valence-electron chi connectivity index (χ3n) is 4.71. The zero-order valence-electron chi connectivity index (χ0n) is 12.3. The Morgan fingerprint density at radius 2 is 2.00 bits per heavy atom. The highest BCUT2D eigenvalue weighted by atomic mass is 32.2. The molecule has 2 aliphatic heterocycles. The van der Waals surface area contributed by atoms with Crippen LogP contribution < -0.4 is 4.74 Å². The van der Waals surface area contributed by atoms with Crippen LogP contribution in [0.1, 0.15) is 35.2 Å². The molecule has 0 N–H and O–H groups in total. The smallest absolute Gasteiger partial charge is 0.254 e. The van der Waals surface area contributed by atoms with Gasteiger partial charge in [0, 0.05) is 24.1 Å². The average molecular weight is 321 g/mol. The number of benzene rings is 1. The molecule has 1 aromatic carbocycles. The van der Waals surface area contributed by atoms with Gasteiger partial charge in [-0.25, -0.2) is 8.42 Å². The Morgan fingerprint density at radius 3 is 2.68 bits per heavy atom. The molecule has 1 atom stereocenters. The van der Waals surface area contributed by atoms with Gasteiger partial charge in [0.2, 0.25) is 0 Å². The summed E-state index contributed by atoms with van der Waals surface area (Å²) < 4.78 is 29.0. The molecule has 4 rings (SSSR count). The van der Waals surface area contributed by atoms with Crippen LogP contribution in [0.5, 0.6) is 5.75 Å². The number of hydrogen-bond donors (Lipinski definition) is 0. The lowest BCUT2D eigenvalue weighted by molar-refractivity contribution is 0.0680. The number of ether oxygens (including phenoxy) is 1. The number of carbonyl (C=O) groups excluding carboxylic acids is 1. The van der Waals surface area contributed by atoms with Gasteiger partial charge in [-0.2, -0.15) is 0 Å². The fourth-order valence-corrected chi connectivity index (χ4v) is 5.16. The van der Waals surface area contributed by atoms with Crippen LogP contribution in [-0.2, 0) is 16.3 Å². The molecule has 0 aromatic heterocycles. The predicted molar refractivity (Wildman–Crippen MR) is 81.9 cm³/mol. The van der Waals surface area contributed by atoms with Crippen molar-refractivity contribution in [3.8, 4) is 5.75 Å². The molecule has 1 amide bonds. The number of nitrogens with zero attached hydrogens (tertiary/aromatic N) is 1. The van der Waals surface area contributed by atoms with Crippen LogP contribution in [0.4, 0.5) is 0 Å². The van der Waals surface area contributed by atoms with E-state index in [9.17, 15) is 13.2 Å². The van der Waals surface area contributed by atoms with Crippen LogP contribution in [0.2, 0.25) is 0 Å². The van der Waals surface area contributed by atoms with Gasteiger partial charge in [-0.15, -0.1) is 0 Å². The molecule has 3 aliphatic rings. The number of hydrogen-bond acceptors (Lipinski definition) is 4. The molecule has 1 saturated carbocycles. The number of amides is 1. The Hall–Kier alpha value is -1.56. The van der Waals surface area contributed by atoms with Crippen LogP contribution in [0.3, 0.4) is 0 Å². The van der Waals surface area contributed by atoms with Gasteiger partial charge < -0.3 is 9.64 Å². The number of carbonyl (C=O) groups is 1. The van der Waals surface area contributed by atoms with Crippen LogP contribution in [0, 0.1) is 0 Å². The molecule has 118 valence electrons. The van der Waals surface area contributed by atoms with Gasteiger partial charge in [-0.1, -0.05) is 0 Å². The van der Waals surface area contributed by atoms with E-state index in [0.717, 1.165) is 30.6 Å². The van der Waals surface area contributed by atoms with E-state index in [1.54, 1.807) is 6.07 Å². The third-order valence-corrected chi connectivity index (χ3v) is 6.46. The minimum absolute atomic E-state index is 0.0284. The maximum absolute atomic E-state index is 12.9. The van der Waals surface area contributed by atoms with E-state index in [-0.39, 0.29) is 29.5 Å². The van der Waals surface area contributed by atoms with Crippen molar-refractivity contribution in [2.75, 3.05) is 18.1 Å². The van der Waals surface area contributed by atoms with Gasteiger partial charge in [-0.05, 0) is 43.0 Å². The van der Waals surface area contributed by atoms with Crippen molar-refractivity contribution < 1.29 is 17.9 Å². The highest BCUT2D eigenvalue weighted by Gasteiger charge is 2.42. The molecule has 1 aromatic rings. The fraction of sp³-hybridized carbons (Fsp3) is 0.562. The first-order valence-corrected chi connectivity index (χ1v) is 9.64. The van der Waals surface area contributed by atoms with E-state index in [2.05, 4.69) is 0 Å². The molecule has 1 saturated heterocycles. The van der Waals surface area contributed by atoms with Gasteiger partial charge in [0.25, 0.3) is 5.91 Å². The monoisotopic (exact) mass is 321 g/mol. The van der Waals surface area contributed by atoms with Crippen molar-refractivity contribution in [2.45, 2.75) is 37.8 Å². The number of sulfone groups is 1. The summed E-state index contributed by atoms with van der Waals surface area (Å²) in [4.78, 5) is 14.7. The van der Waals surface area contributed by atoms with Crippen LogP contribution in [-0.4, -0.2) is 49.4 Å². The lowest BCUT2D eigenvalue weighted by atomic mass is 10.1. The second kappa shape index (κ2) is 4.98. The van der Waals surface area contributed by atoms with Crippen molar-refractivity contribution in [2.24, 2.45) is 0 Å². The second-order valence-corrected chi connectivity index (χ2v) is 8.65. The molecule has 1 unspecified atom stereocenters. The van der Waals surface area contributed by atoms with Crippen LogP contribution in [0.15, 0.2) is 18.2 Å². The van der Waals surface area contributed by atoms with Crippen LogP contribution in [0.25, 0.3) is 0 Å². The minimum Gasteiger partial charge on any atom is -0.493 e. The Kier molecular flexibility index (Phi) is 3.18. The van der Waals surface area contributed by atoms with Gasteiger partial charge in [0.05, 0.1) is 18.1 Å². The standard InChI is InChI=1S/C16H19NO4S/c18-16(12-1-4-15-11(9-12)5-7-21-15)17(13-2-3-13)14-6-8-22(19,20)10-14/h1,4,9,13-14H,2-3,5-8,10H2. The first kappa shape index (κ1) is 14.1. The highest BCUT2D eigenvalue weighted by Crippen LogP contribution is 2.34. The SMILES string of the molecule is O=C(c1ccc2c(c1)CCO2)N(C1CC1)C1CCS(=O)(=O)C1. The molecular weight excluding hydrogens is 302 g/mol. The van der Waals surface area contributed by atoms with Crippen molar-refractivity contribution in [3.05, 3.63) is 29.3 Å². The lowest BCUT2D eigenvalue weighted by Crippen LogP contribution is -2.42. The first-order chi connectivity index (χ1) is 10.5. The molecule has 5 nitrogen and oxygen atoms in total. The Labute approximate surface area is 130 Å². The Bertz CT molecular complexity index is 724. The summed E-state index contributed by atoms with van der Waals surface area (Å²) in [5.74, 6) is 1.15. The van der Waals surface area contributed by atoms with Gasteiger partial charge in [0.15, 0.2) is 9.84 Å². The summed E-state index contributed by atoms with van der Waals surface area (Å²) in [5.41, 5.74) is 1.72. The lowest BCUT2D eigenvalue weighted by Gasteiger charge is -2.28. The number of rotatable bonds is 3. The molecular formula is C16H19NO4S. The van der Waals surface area contributed by atoms with Crippen LogP contribution >= 0.6 is 0 Å². The van der Waals surface area contributed by atoms with Crippen molar-refractivity contribution in [1.82, 2.24) is 4.90 Å². The summed E-state index contributed by atoms with van der Waals surface area (Å²) in [6, 6.07) is 5.62. The summed E-state index contributed by atoms with van der Waals surface area (Å²) in [6.45, 7) is 0.667. The maximum Gasteiger partial charge on any atom is 0.254 e. The quantitative estimate of drug-likeness (QED) is 0.844. The summed E-state index contributed by atoms with van der Waals surface area (Å²) in [7, 11) is -2.99. The molecule has 0 spiro atoms. The molecule has 2 heterocycles. The third kappa shape index (κ3) is 2.49. The topological polar surface area (TPSA) is 63.7 Å². The largest absolute Gasteiger partial charge is 0.493 e. The maximum atomic E-state index is 12.9. The molecule has 1 aliphatic carbocycles. The Balaban J connectivity index is 1.61. The number of fused-ring (bicyclic) bond motifs is 1. The second-order valence-electron chi connectivity index (χ2n) is 6.42. The highest BCUT2D eigenvalue weighted by molar-refractivity contribution is 7.91. The normalized spacial score (nSPS) is 25.5. The average Bonchev–Trinajstić information content (AvgIpc) is 3.08. The fourth-order valence-electron chi connectivity index (χ4n) is 3.45.